The summed E-state index contributed by atoms with van der Waals surface area (Å²) in [5.41, 5.74) is 10.4. The summed E-state index contributed by atoms with van der Waals surface area (Å²) in [5.74, 6) is 2.84. The summed E-state index contributed by atoms with van der Waals surface area (Å²) in [4.78, 5) is 44.7. The average Bonchev–Trinajstić information content (AvgIpc) is 3.93. The van der Waals surface area contributed by atoms with E-state index >= 15 is 0 Å². The average molecular weight is 792 g/mol. The fourth-order valence-electron chi connectivity index (χ4n) is 9.45. The van der Waals surface area contributed by atoms with Gasteiger partial charge in [-0.15, -0.1) is 0 Å². The third kappa shape index (κ3) is 7.27. The molecule has 4 atom stereocenters. The van der Waals surface area contributed by atoms with E-state index in [0.717, 1.165) is 99.2 Å². The highest BCUT2D eigenvalue weighted by atomic mass is 16.6. The Morgan fingerprint density at radius 3 is 1.79 bits per heavy atom. The summed E-state index contributed by atoms with van der Waals surface area (Å²) in [6, 6.07) is 8.58. The van der Waals surface area contributed by atoms with E-state index in [0.29, 0.717) is 19.6 Å². The molecular formula is C47H61N5O6. The number of allylic oxidation sites excluding steroid dienone is 2. The molecule has 0 bridgehead atoms. The molecule has 8 rings (SSSR count). The number of aromatic nitrogens is 2. The summed E-state index contributed by atoms with van der Waals surface area (Å²) < 4.78 is 24.9. The normalized spacial score (nSPS) is 22.7. The molecule has 58 heavy (non-hydrogen) atoms. The molecule has 11 heteroatoms. The first-order valence-corrected chi connectivity index (χ1v) is 21.3. The molecule has 0 unspecified atom stereocenters. The number of benzene rings is 2. The maximum Gasteiger partial charge on any atom is 0.411 e. The van der Waals surface area contributed by atoms with Crippen LogP contribution in [0.25, 0.3) is 28.0 Å². The Balaban J connectivity index is 1.10. The van der Waals surface area contributed by atoms with Crippen molar-refractivity contribution in [1.29, 1.82) is 0 Å². The number of aromatic amines is 1. The number of aliphatic imine (C=N–C) groups is 1. The van der Waals surface area contributed by atoms with E-state index in [9.17, 15) is 9.59 Å². The van der Waals surface area contributed by atoms with Gasteiger partial charge in [-0.2, -0.15) is 0 Å². The molecular weight excluding hydrogens is 731 g/mol. The Morgan fingerprint density at radius 1 is 0.741 bits per heavy atom. The zero-order valence-corrected chi connectivity index (χ0v) is 36.5. The van der Waals surface area contributed by atoms with Crippen LogP contribution in [-0.2, 0) is 22.7 Å². The van der Waals surface area contributed by atoms with Crippen LogP contribution in [0.1, 0.15) is 155 Å². The van der Waals surface area contributed by atoms with Crippen molar-refractivity contribution < 1.29 is 28.5 Å². The number of H-pyrrole nitrogens is 1. The summed E-state index contributed by atoms with van der Waals surface area (Å²) in [6.45, 7) is 25.1. The Bertz CT molecular complexity index is 2170. The van der Waals surface area contributed by atoms with Gasteiger partial charge in [0.15, 0.2) is 0 Å². The van der Waals surface area contributed by atoms with E-state index in [1.807, 2.05) is 51.3 Å². The smallest absolute Gasteiger partial charge is 0.411 e. The molecule has 2 fully saturated rings. The number of nitrogens with zero attached hydrogens (tertiary/aromatic N) is 4. The molecule has 2 saturated heterocycles. The van der Waals surface area contributed by atoms with Crippen LogP contribution < -0.4 is 9.47 Å². The molecule has 3 aromatic rings. The second kappa shape index (κ2) is 14.5. The fraction of sp³-hybridized carbons (Fsp3) is 0.574. The number of carbonyl (C=O) groups is 2. The molecule has 6 heterocycles. The molecule has 2 amide bonds. The second-order valence-corrected chi connectivity index (χ2v) is 19.6. The largest absolute Gasteiger partial charge is 0.488 e. The molecule has 2 aromatic carbocycles. The zero-order valence-electron chi connectivity index (χ0n) is 36.5. The summed E-state index contributed by atoms with van der Waals surface area (Å²) >= 11 is 0. The molecule has 11 nitrogen and oxygen atoms in total. The second-order valence-electron chi connectivity index (χ2n) is 19.6. The van der Waals surface area contributed by atoms with Crippen molar-refractivity contribution >= 4 is 23.5 Å². The lowest BCUT2D eigenvalue weighted by molar-refractivity contribution is 0.0149. The van der Waals surface area contributed by atoms with Crippen molar-refractivity contribution in [3.63, 3.8) is 0 Å². The maximum atomic E-state index is 13.4. The van der Waals surface area contributed by atoms with Crippen molar-refractivity contribution in [2.75, 3.05) is 0 Å². The number of amides is 2. The number of hydrogen-bond acceptors (Lipinski definition) is 8. The molecule has 0 aliphatic carbocycles. The summed E-state index contributed by atoms with van der Waals surface area (Å²) in [7, 11) is 0. The van der Waals surface area contributed by atoms with Gasteiger partial charge in [-0.1, -0.05) is 27.7 Å². The zero-order chi connectivity index (χ0) is 41.6. The van der Waals surface area contributed by atoms with Crippen molar-refractivity contribution in [1.82, 2.24) is 19.8 Å². The first-order valence-electron chi connectivity index (χ1n) is 21.3. The molecule has 0 saturated carbocycles. The van der Waals surface area contributed by atoms with Gasteiger partial charge in [0.1, 0.15) is 41.7 Å². The van der Waals surface area contributed by atoms with Crippen molar-refractivity contribution in [3.8, 4) is 33.9 Å². The van der Waals surface area contributed by atoms with Crippen LogP contribution in [0.2, 0.25) is 0 Å². The van der Waals surface area contributed by atoms with Gasteiger partial charge in [-0.25, -0.2) is 14.6 Å². The predicted molar refractivity (Wildman–Crippen MR) is 226 cm³/mol. The monoisotopic (exact) mass is 791 g/mol. The third-order valence-corrected chi connectivity index (χ3v) is 12.1. The topological polar surface area (TPSA) is 119 Å². The molecule has 0 radical (unpaired) electrons. The highest BCUT2D eigenvalue weighted by molar-refractivity contribution is 6.04. The minimum absolute atomic E-state index is 0.0478. The van der Waals surface area contributed by atoms with Gasteiger partial charge in [0, 0.05) is 63.4 Å². The Kier molecular flexibility index (Phi) is 9.99. The van der Waals surface area contributed by atoms with Crippen LogP contribution in [0.15, 0.2) is 35.0 Å². The van der Waals surface area contributed by atoms with E-state index in [1.165, 1.54) is 5.57 Å². The van der Waals surface area contributed by atoms with Crippen LogP contribution in [0.4, 0.5) is 9.59 Å². The maximum absolute atomic E-state index is 13.4. The number of nitrogens with one attached hydrogen (secondary N) is 1. The van der Waals surface area contributed by atoms with Crippen LogP contribution in [0.5, 0.6) is 11.5 Å². The molecule has 0 spiro atoms. The number of imidazole rings is 1. The van der Waals surface area contributed by atoms with E-state index in [-0.39, 0.29) is 48.2 Å². The molecule has 5 aliphatic rings. The SMILES string of the molecule is CC(C)C1=C(c2cc3c4c(c2)OCc2cc(-c5nc([C@@H]6CC[C@H](C)N6C(=O)OC(C)(C)C)[nH]c5C(C)C)cc(c2-4)OC3)CC([C@@H]2CC[C@H](C)N2C(=O)OC(C)(C)C)=N1. The number of carbonyl (C=O) groups excluding carboxylic acids is 2. The van der Waals surface area contributed by atoms with Gasteiger partial charge < -0.3 is 23.9 Å². The van der Waals surface area contributed by atoms with Gasteiger partial charge in [-0.3, -0.25) is 14.8 Å². The third-order valence-electron chi connectivity index (χ3n) is 12.1. The Morgan fingerprint density at radius 2 is 1.26 bits per heavy atom. The molecule has 310 valence electrons. The van der Waals surface area contributed by atoms with Crippen LogP contribution in [-0.4, -0.2) is 67.0 Å². The molecule has 1 aromatic heterocycles. The van der Waals surface area contributed by atoms with Crippen molar-refractivity contribution in [3.05, 3.63) is 58.2 Å². The molecule has 5 aliphatic heterocycles. The fourth-order valence-corrected chi connectivity index (χ4v) is 9.45. The van der Waals surface area contributed by atoms with E-state index in [1.54, 1.807) is 0 Å². The minimum Gasteiger partial charge on any atom is -0.488 e. The number of likely N-dealkylation sites (tertiary alicyclic amines) is 2. The lowest BCUT2D eigenvalue weighted by Crippen LogP contribution is -2.46. The molecule has 1 N–H and O–H groups in total. The van der Waals surface area contributed by atoms with E-state index in [4.69, 9.17) is 28.9 Å². The summed E-state index contributed by atoms with van der Waals surface area (Å²) in [6.07, 6.45) is 3.57. The minimum atomic E-state index is -0.586. The first kappa shape index (κ1) is 40.0. The quantitative estimate of drug-likeness (QED) is 0.264. The van der Waals surface area contributed by atoms with Crippen molar-refractivity contribution in [2.45, 2.75) is 170 Å². The van der Waals surface area contributed by atoms with Gasteiger partial charge in [-0.05, 0) is 128 Å². The van der Waals surface area contributed by atoms with Gasteiger partial charge >= 0.3 is 12.2 Å². The van der Waals surface area contributed by atoms with E-state index < -0.39 is 11.2 Å². The van der Waals surface area contributed by atoms with Crippen molar-refractivity contribution in [2.24, 2.45) is 10.9 Å². The first-order chi connectivity index (χ1) is 27.3. The number of ether oxygens (including phenoxy) is 4. The van der Waals surface area contributed by atoms with Gasteiger partial charge in [0.05, 0.1) is 17.8 Å². The lowest BCUT2D eigenvalue weighted by atomic mass is 9.85. The highest BCUT2D eigenvalue weighted by Gasteiger charge is 2.43. The highest BCUT2D eigenvalue weighted by Crippen LogP contribution is 2.52. The number of rotatable bonds is 6. The summed E-state index contributed by atoms with van der Waals surface area (Å²) in [5, 5.41) is 0. The number of hydrogen-bond donors (Lipinski definition) is 1. The Labute approximate surface area is 343 Å². The Hall–Kier alpha value is -4.80. The van der Waals surface area contributed by atoms with Crippen LogP contribution in [0.3, 0.4) is 0 Å². The van der Waals surface area contributed by atoms with Crippen LogP contribution >= 0.6 is 0 Å². The van der Waals surface area contributed by atoms with Gasteiger partial charge in [0.25, 0.3) is 0 Å². The predicted octanol–water partition coefficient (Wildman–Crippen LogP) is 11.1. The lowest BCUT2D eigenvalue weighted by Gasteiger charge is -2.32. The van der Waals surface area contributed by atoms with E-state index in [2.05, 4.69) is 70.8 Å². The van der Waals surface area contributed by atoms with Crippen LogP contribution in [0, 0.1) is 5.92 Å². The standard InChI is InChI=1S/C47H61N5O6/c1-24(2)40-32(21-33(48-40)34-15-13-26(5)51(34)44(53)57-46(7,8)9)28-17-30-22-56-37-20-29(18-31-23-55-36(19-28)38(30)39(31)37)42-41(25(3)4)49-43(50-42)35-16-14-27(6)52(35)45(54)58-47(10,11)12/h17-20,24-27,34-35H,13-16,21-23H2,1-12H3,(H,49,50)/t26-,27-,34-,35-/m0/s1. The van der Waals surface area contributed by atoms with Gasteiger partial charge in [0.2, 0.25) is 0 Å².